The molecule has 1 heterocycles. The second kappa shape index (κ2) is 13.8. The van der Waals surface area contributed by atoms with Crippen LogP contribution in [0.4, 0.5) is 25.2 Å². The van der Waals surface area contributed by atoms with E-state index in [1.54, 1.807) is 0 Å². The first-order valence-electron chi connectivity index (χ1n) is 10.9. The maximum atomic E-state index is 9.87. The average molecular weight is 681 g/mol. The molecule has 0 radical (unpaired) electrons. The van der Waals surface area contributed by atoms with Gasteiger partial charge in [0.15, 0.2) is 0 Å². The van der Waals surface area contributed by atoms with Crippen LogP contribution in [-0.4, -0.2) is 17.7 Å². The SMILES string of the molecule is C(=NCCc1ccccn1)c1ccccc1P(c1ccccc1)c1ccccc1.F[P-](F)(F)(F)(F)F.[Cl][Pd+]. The third-order valence-corrected chi connectivity index (χ3v) is 7.18. The van der Waals surface area contributed by atoms with Gasteiger partial charge in [0.1, 0.15) is 0 Å². The van der Waals surface area contributed by atoms with Crippen LogP contribution < -0.4 is 15.9 Å². The van der Waals surface area contributed by atoms with Gasteiger partial charge in [-0.15, -0.1) is 0 Å². The zero-order chi connectivity index (χ0) is 28.1. The Kier molecular flexibility index (Phi) is 11.6. The Bertz CT molecular complexity index is 1230. The normalized spacial score (nSPS) is 13.0. The van der Waals surface area contributed by atoms with Crippen LogP contribution in [-0.2, 0) is 24.6 Å². The minimum absolute atomic E-state index is 0.635. The van der Waals surface area contributed by atoms with Crippen molar-refractivity contribution in [2.24, 2.45) is 4.99 Å². The Hall–Kier alpha value is -2.13. The molecule has 206 valence electrons. The van der Waals surface area contributed by atoms with Gasteiger partial charge in [-0.25, -0.2) is 0 Å². The van der Waals surface area contributed by atoms with Gasteiger partial charge >= 0.3 is 60.7 Å². The summed E-state index contributed by atoms with van der Waals surface area (Å²) >= 11 is 2.22. The molecular weight excluding hydrogens is 658 g/mol. The van der Waals surface area contributed by atoms with Gasteiger partial charge in [-0.05, 0) is 36.0 Å². The Morgan fingerprint density at radius 2 is 1.18 bits per heavy atom. The molecule has 0 aliphatic rings. The molecule has 0 bridgehead atoms. The molecule has 0 amide bonds. The minimum atomic E-state index is -10.7. The van der Waals surface area contributed by atoms with Crippen LogP contribution in [0.2, 0.25) is 0 Å². The van der Waals surface area contributed by atoms with Crippen molar-refractivity contribution in [1.29, 1.82) is 0 Å². The predicted octanol–water partition coefficient (Wildman–Crippen LogP) is 8.57. The molecule has 3 aromatic carbocycles. The maximum absolute atomic E-state index is 10.7. The molecule has 0 saturated heterocycles. The van der Waals surface area contributed by atoms with Gasteiger partial charge in [-0.2, -0.15) is 0 Å². The van der Waals surface area contributed by atoms with Gasteiger partial charge in [-0.3, -0.25) is 9.98 Å². The molecule has 0 saturated carbocycles. The van der Waals surface area contributed by atoms with Crippen LogP contribution in [0.1, 0.15) is 11.3 Å². The second-order valence-corrected chi connectivity index (χ2v) is 11.7. The number of hydrogen-bond donors (Lipinski definition) is 0. The van der Waals surface area contributed by atoms with Crippen molar-refractivity contribution in [2.45, 2.75) is 6.42 Å². The number of rotatable bonds is 7. The number of hydrogen-bond acceptors (Lipinski definition) is 2. The van der Waals surface area contributed by atoms with E-state index in [0.717, 1.165) is 18.7 Å². The number of aliphatic imine (C=N–C) groups is 1. The predicted molar refractivity (Wildman–Crippen MR) is 145 cm³/mol. The zero-order valence-corrected chi connectivity index (χ0v) is 23.7. The molecule has 1 aromatic heterocycles. The summed E-state index contributed by atoms with van der Waals surface area (Å²) < 4.78 is 59.2. The van der Waals surface area contributed by atoms with Gasteiger partial charge in [0.05, 0.1) is 0 Å². The molecule has 0 N–H and O–H groups in total. The van der Waals surface area contributed by atoms with Crippen molar-refractivity contribution in [2.75, 3.05) is 6.54 Å². The number of halogens is 7. The standard InChI is InChI=1S/C26H23N2P.ClH.F6P.Pd/c1-3-13-24(14-4-1)29(25-15-5-2-6-16-25)26-17-8-7-11-22(26)21-27-20-18-23-12-9-10-19-28-23;;1-7(2,3,4,5)6;/h1-17,19,21H,18,20H2;1H;;/q;;-1;+2/p-1. The quantitative estimate of drug-likeness (QED) is 0.0831. The van der Waals surface area contributed by atoms with E-state index in [9.17, 15) is 25.2 Å². The molecule has 0 atom stereocenters. The van der Waals surface area contributed by atoms with Crippen LogP contribution in [0.25, 0.3) is 0 Å². The van der Waals surface area contributed by atoms with Crippen molar-refractivity contribution in [1.82, 2.24) is 4.98 Å². The first-order chi connectivity index (χ1) is 17.9. The molecule has 4 aromatic rings. The summed E-state index contributed by atoms with van der Waals surface area (Å²) in [4.78, 5) is 9.09. The Morgan fingerprint density at radius 1 is 0.711 bits per heavy atom. The van der Waals surface area contributed by atoms with Crippen LogP contribution in [0.5, 0.6) is 0 Å². The average Bonchev–Trinajstić information content (AvgIpc) is 2.89. The molecule has 0 aliphatic carbocycles. The third kappa shape index (κ3) is 13.6. The van der Waals surface area contributed by atoms with E-state index in [4.69, 9.17) is 4.99 Å². The molecule has 12 heteroatoms. The number of pyridine rings is 1. The molecule has 38 heavy (non-hydrogen) atoms. The second-order valence-electron chi connectivity index (χ2n) is 7.63. The summed E-state index contributed by atoms with van der Waals surface area (Å²) in [6, 6.07) is 36.2. The van der Waals surface area contributed by atoms with E-state index in [0.29, 0.717) is 0 Å². The topological polar surface area (TPSA) is 25.2 Å². The van der Waals surface area contributed by atoms with Gasteiger partial charge < -0.3 is 0 Å². The van der Waals surface area contributed by atoms with Crippen LogP contribution in [0.15, 0.2) is 114 Å². The summed E-state index contributed by atoms with van der Waals surface area (Å²) in [5.74, 6) is 0. The Balaban J connectivity index is 0.000000491. The van der Waals surface area contributed by atoms with Gasteiger partial charge in [0, 0.05) is 36.6 Å². The number of aromatic nitrogens is 1. The number of nitrogens with zero attached hydrogens (tertiary/aromatic N) is 2. The molecule has 0 unspecified atom stereocenters. The van der Waals surface area contributed by atoms with E-state index in [-0.39, 0.29) is 0 Å². The van der Waals surface area contributed by atoms with Crippen molar-refractivity contribution in [3.63, 3.8) is 0 Å². The summed E-state index contributed by atoms with van der Waals surface area (Å²) in [7, 11) is -6.80. The van der Waals surface area contributed by atoms with Gasteiger partial charge in [-0.1, -0.05) is 91.0 Å². The van der Waals surface area contributed by atoms with E-state index < -0.39 is 15.7 Å². The van der Waals surface area contributed by atoms with Crippen LogP contribution >= 0.6 is 25.3 Å². The summed E-state index contributed by atoms with van der Waals surface area (Å²) in [5.41, 5.74) is 2.26. The fraction of sp³-hybridized carbons (Fsp3) is 0.0769. The van der Waals surface area contributed by atoms with E-state index >= 15 is 0 Å². The number of benzene rings is 3. The monoisotopic (exact) mass is 680 g/mol. The van der Waals surface area contributed by atoms with Crippen molar-refractivity contribution < 1.29 is 43.4 Å². The molecule has 2 nitrogen and oxygen atoms in total. The molecule has 0 aliphatic heterocycles. The van der Waals surface area contributed by atoms with Crippen molar-refractivity contribution in [3.8, 4) is 0 Å². The fourth-order valence-corrected chi connectivity index (χ4v) is 5.69. The Labute approximate surface area is 233 Å². The van der Waals surface area contributed by atoms with E-state index in [1.165, 1.54) is 21.5 Å². The zero-order valence-electron chi connectivity index (χ0n) is 19.6. The van der Waals surface area contributed by atoms with Crippen molar-refractivity contribution >= 4 is 47.4 Å². The van der Waals surface area contributed by atoms with Crippen molar-refractivity contribution in [3.05, 3.63) is 121 Å². The van der Waals surface area contributed by atoms with Crippen LogP contribution in [0, 0.1) is 0 Å². The Morgan fingerprint density at radius 3 is 1.68 bits per heavy atom. The van der Waals surface area contributed by atoms with Crippen LogP contribution in [0.3, 0.4) is 0 Å². The molecule has 4 rings (SSSR count). The van der Waals surface area contributed by atoms with Gasteiger partial charge in [0.2, 0.25) is 0 Å². The fourth-order valence-electron chi connectivity index (χ4n) is 3.27. The molecular formula is C26H23ClF6N2P2Pd. The van der Waals surface area contributed by atoms with E-state index in [2.05, 4.69) is 118 Å². The molecule has 0 spiro atoms. The van der Waals surface area contributed by atoms with Gasteiger partial charge in [0.25, 0.3) is 0 Å². The first kappa shape index (κ1) is 32.1. The molecule has 0 fully saturated rings. The first-order valence-corrected chi connectivity index (χ1v) is 16.3. The van der Waals surface area contributed by atoms with E-state index in [1.807, 2.05) is 30.6 Å². The summed E-state index contributed by atoms with van der Waals surface area (Å²) in [6.07, 6.45) is 4.71. The third-order valence-electron chi connectivity index (χ3n) is 4.66. The summed E-state index contributed by atoms with van der Waals surface area (Å²) in [6.45, 7) is 0.736. The summed E-state index contributed by atoms with van der Waals surface area (Å²) in [5, 5.41) is 4.03.